The number of benzene rings is 1. The highest BCUT2D eigenvalue weighted by molar-refractivity contribution is 5.36. The fourth-order valence-corrected chi connectivity index (χ4v) is 2.31. The first-order chi connectivity index (χ1) is 8.62. The summed E-state index contributed by atoms with van der Waals surface area (Å²) in [6, 6.07) is 6.84. The summed E-state index contributed by atoms with van der Waals surface area (Å²) in [6.07, 6.45) is -0.468. The van der Waals surface area contributed by atoms with Crippen LogP contribution in [0.1, 0.15) is 64.3 Å². The van der Waals surface area contributed by atoms with Gasteiger partial charge in [-0.25, -0.2) is 0 Å². The second kappa shape index (κ2) is 6.06. The molecular formula is C17H29NO. The largest absolute Gasteiger partial charge is 0.387 e. The number of rotatable bonds is 4. The van der Waals surface area contributed by atoms with Crippen LogP contribution in [-0.4, -0.2) is 17.2 Å². The van der Waals surface area contributed by atoms with Crippen LogP contribution in [0, 0.1) is 6.92 Å². The van der Waals surface area contributed by atoms with Crippen LogP contribution in [0.2, 0.25) is 0 Å². The lowest BCUT2D eigenvalue weighted by molar-refractivity contribution is 0.131. The van der Waals surface area contributed by atoms with Crippen molar-refractivity contribution in [2.24, 2.45) is 0 Å². The van der Waals surface area contributed by atoms with E-state index in [4.69, 9.17) is 0 Å². The van der Waals surface area contributed by atoms with Gasteiger partial charge in [0.2, 0.25) is 0 Å². The molecule has 0 spiro atoms. The van der Waals surface area contributed by atoms with Gasteiger partial charge >= 0.3 is 0 Å². The van der Waals surface area contributed by atoms with Gasteiger partial charge in [-0.05, 0) is 36.0 Å². The maximum atomic E-state index is 10.5. The van der Waals surface area contributed by atoms with Crippen molar-refractivity contribution in [3.8, 4) is 0 Å². The summed E-state index contributed by atoms with van der Waals surface area (Å²) >= 11 is 0. The van der Waals surface area contributed by atoms with Crippen LogP contribution in [0.5, 0.6) is 0 Å². The van der Waals surface area contributed by atoms with E-state index in [0.717, 1.165) is 11.1 Å². The summed E-state index contributed by atoms with van der Waals surface area (Å²) in [6.45, 7) is 14.9. The first-order valence-electron chi connectivity index (χ1n) is 7.18. The van der Waals surface area contributed by atoms with Crippen molar-refractivity contribution in [1.82, 2.24) is 5.32 Å². The van der Waals surface area contributed by atoms with Crippen LogP contribution in [0.25, 0.3) is 0 Å². The van der Waals surface area contributed by atoms with Crippen LogP contribution >= 0.6 is 0 Å². The summed E-state index contributed by atoms with van der Waals surface area (Å²) < 4.78 is 0. The van der Waals surface area contributed by atoms with Crippen LogP contribution in [0.3, 0.4) is 0 Å². The highest BCUT2D eigenvalue weighted by Gasteiger charge is 2.21. The molecule has 19 heavy (non-hydrogen) atoms. The van der Waals surface area contributed by atoms with Crippen molar-refractivity contribution in [2.75, 3.05) is 0 Å². The molecule has 0 radical (unpaired) electrons. The Morgan fingerprint density at radius 3 is 2.16 bits per heavy atom. The Hall–Kier alpha value is -0.860. The number of aliphatic hydroxyl groups is 1. The summed E-state index contributed by atoms with van der Waals surface area (Å²) in [5, 5.41) is 13.9. The smallest absolute Gasteiger partial charge is 0.0942 e. The van der Waals surface area contributed by atoms with Gasteiger partial charge in [-0.3, -0.25) is 0 Å². The molecule has 0 amide bonds. The Bertz CT molecular complexity index is 418. The Labute approximate surface area is 118 Å². The first kappa shape index (κ1) is 16.2. The lowest BCUT2D eigenvalue weighted by Crippen LogP contribution is -2.37. The highest BCUT2D eigenvalue weighted by atomic mass is 16.3. The van der Waals surface area contributed by atoms with E-state index in [9.17, 15) is 5.11 Å². The van der Waals surface area contributed by atoms with Gasteiger partial charge in [-0.1, -0.05) is 52.8 Å². The molecule has 0 saturated carbocycles. The second-order valence-electron chi connectivity index (χ2n) is 6.88. The van der Waals surface area contributed by atoms with Crippen molar-refractivity contribution >= 4 is 0 Å². The van der Waals surface area contributed by atoms with Gasteiger partial charge < -0.3 is 10.4 Å². The molecule has 0 aromatic heterocycles. The molecule has 1 aromatic rings. The predicted molar refractivity (Wildman–Crippen MR) is 82.6 cm³/mol. The normalized spacial score (nSPS) is 15.6. The van der Waals surface area contributed by atoms with Crippen molar-refractivity contribution in [3.63, 3.8) is 0 Å². The number of hydrogen-bond donors (Lipinski definition) is 2. The molecule has 0 fully saturated rings. The Kier molecular flexibility index (Phi) is 5.17. The van der Waals surface area contributed by atoms with Gasteiger partial charge in [0, 0.05) is 12.1 Å². The SMILES string of the molecule is Cc1ccc(C(C)(C)C)cc1C(O)C(C)NC(C)C. The van der Waals surface area contributed by atoms with Crippen LogP contribution in [0.4, 0.5) is 0 Å². The van der Waals surface area contributed by atoms with Crippen LogP contribution in [0.15, 0.2) is 18.2 Å². The number of hydrogen-bond acceptors (Lipinski definition) is 2. The van der Waals surface area contributed by atoms with E-state index < -0.39 is 6.10 Å². The van der Waals surface area contributed by atoms with Crippen molar-refractivity contribution in [1.29, 1.82) is 0 Å². The fourth-order valence-electron chi connectivity index (χ4n) is 2.31. The minimum absolute atomic E-state index is 0.0499. The molecule has 0 saturated heterocycles. The minimum atomic E-state index is -0.468. The van der Waals surface area contributed by atoms with E-state index in [2.05, 4.69) is 65.1 Å². The zero-order chi connectivity index (χ0) is 14.8. The summed E-state index contributed by atoms with van der Waals surface area (Å²) in [5.41, 5.74) is 3.56. The van der Waals surface area contributed by atoms with Gasteiger partial charge in [-0.2, -0.15) is 0 Å². The molecule has 1 aromatic carbocycles. The van der Waals surface area contributed by atoms with E-state index in [1.54, 1.807) is 0 Å². The Balaban J connectivity index is 3.05. The number of aryl methyl sites for hydroxylation is 1. The molecule has 2 nitrogen and oxygen atoms in total. The van der Waals surface area contributed by atoms with E-state index >= 15 is 0 Å². The fraction of sp³-hybridized carbons (Fsp3) is 0.647. The minimum Gasteiger partial charge on any atom is -0.387 e. The predicted octanol–water partition coefficient (Wildman–Crippen LogP) is 3.71. The Morgan fingerprint density at radius 2 is 1.68 bits per heavy atom. The van der Waals surface area contributed by atoms with Gasteiger partial charge in [0.15, 0.2) is 0 Å². The van der Waals surface area contributed by atoms with Gasteiger partial charge in [-0.15, -0.1) is 0 Å². The van der Waals surface area contributed by atoms with Crippen LogP contribution in [-0.2, 0) is 5.41 Å². The quantitative estimate of drug-likeness (QED) is 0.868. The molecule has 108 valence electrons. The monoisotopic (exact) mass is 263 g/mol. The lowest BCUT2D eigenvalue weighted by Gasteiger charge is -2.26. The van der Waals surface area contributed by atoms with E-state index in [0.29, 0.717) is 6.04 Å². The molecule has 2 atom stereocenters. The topological polar surface area (TPSA) is 32.3 Å². The highest BCUT2D eigenvalue weighted by Crippen LogP contribution is 2.28. The number of aliphatic hydroxyl groups excluding tert-OH is 1. The molecule has 2 N–H and O–H groups in total. The van der Waals surface area contributed by atoms with E-state index in [1.807, 2.05) is 6.92 Å². The number of nitrogens with one attached hydrogen (secondary N) is 1. The Morgan fingerprint density at radius 1 is 1.11 bits per heavy atom. The third-order valence-electron chi connectivity index (χ3n) is 3.53. The summed E-state index contributed by atoms with van der Waals surface area (Å²) in [7, 11) is 0. The summed E-state index contributed by atoms with van der Waals surface area (Å²) in [4.78, 5) is 0. The lowest BCUT2D eigenvalue weighted by atomic mass is 9.84. The van der Waals surface area contributed by atoms with Crippen LogP contribution < -0.4 is 5.32 Å². The molecule has 0 aliphatic heterocycles. The van der Waals surface area contributed by atoms with E-state index in [1.165, 1.54) is 5.56 Å². The van der Waals surface area contributed by atoms with Gasteiger partial charge in [0.25, 0.3) is 0 Å². The molecule has 0 aliphatic carbocycles. The second-order valence-corrected chi connectivity index (χ2v) is 6.88. The molecule has 0 aliphatic rings. The average molecular weight is 263 g/mol. The third-order valence-corrected chi connectivity index (χ3v) is 3.53. The molecule has 1 rings (SSSR count). The molecule has 0 bridgehead atoms. The maximum absolute atomic E-state index is 10.5. The average Bonchev–Trinajstić information content (AvgIpc) is 2.26. The maximum Gasteiger partial charge on any atom is 0.0942 e. The molecule has 2 heteroatoms. The summed E-state index contributed by atoms with van der Waals surface area (Å²) in [5.74, 6) is 0. The zero-order valence-electron chi connectivity index (χ0n) is 13.4. The van der Waals surface area contributed by atoms with Gasteiger partial charge in [0.1, 0.15) is 0 Å². The zero-order valence-corrected chi connectivity index (χ0v) is 13.4. The third kappa shape index (κ3) is 4.32. The van der Waals surface area contributed by atoms with Crippen molar-refractivity contribution < 1.29 is 5.11 Å². The molecular weight excluding hydrogens is 234 g/mol. The molecule has 0 heterocycles. The van der Waals surface area contributed by atoms with Crippen molar-refractivity contribution in [2.45, 2.75) is 72.1 Å². The standard InChI is InChI=1S/C17H29NO/c1-11(2)18-13(4)16(19)15-10-14(17(5,6)7)9-8-12(15)3/h8-11,13,16,18-19H,1-7H3. The van der Waals surface area contributed by atoms with E-state index in [-0.39, 0.29) is 11.5 Å². The molecule has 2 unspecified atom stereocenters. The van der Waals surface area contributed by atoms with Gasteiger partial charge in [0.05, 0.1) is 6.10 Å². The van der Waals surface area contributed by atoms with Crippen molar-refractivity contribution in [3.05, 3.63) is 34.9 Å². The first-order valence-corrected chi connectivity index (χ1v) is 7.18.